The summed E-state index contributed by atoms with van der Waals surface area (Å²) < 4.78 is 45.3. The second-order valence-corrected chi connectivity index (χ2v) is 10.9. The maximum atomic E-state index is 13.7. The molecule has 10 heteroatoms. The third-order valence-electron chi connectivity index (χ3n) is 7.38. The van der Waals surface area contributed by atoms with Crippen LogP contribution in [0.1, 0.15) is 40.9 Å². The summed E-state index contributed by atoms with van der Waals surface area (Å²) in [6.07, 6.45) is -4.58. The average Bonchev–Trinajstić information content (AvgIpc) is 2.95. The van der Waals surface area contributed by atoms with Crippen molar-refractivity contribution in [3.8, 4) is 5.75 Å². The smallest absolute Gasteiger partial charge is 0.416 e. The fraction of sp³-hybridized carbons (Fsp3) is 0.375. The molecule has 0 spiro atoms. The highest BCUT2D eigenvalue weighted by molar-refractivity contribution is 6.00. The van der Waals surface area contributed by atoms with Crippen molar-refractivity contribution in [2.24, 2.45) is 5.92 Å². The number of benzene rings is 3. The van der Waals surface area contributed by atoms with Crippen LogP contribution in [0.2, 0.25) is 0 Å². The molecule has 2 amide bonds. The van der Waals surface area contributed by atoms with Gasteiger partial charge in [-0.05, 0) is 55.4 Å². The van der Waals surface area contributed by atoms with E-state index in [4.69, 9.17) is 4.74 Å². The largest absolute Gasteiger partial charge is 0.488 e. The predicted octanol–water partition coefficient (Wildman–Crippen LogP) is 5.24. The minimum atomic E-state index is -4.39. The second kappa shape index (κ2) is 13.4. The highest BCUT2D eigenvalue weighted by Gasteiger charge is 2.34. The maximum Gasteiger partial charge on any atom is 0.416 e. The Balaban J connectivity index is 1.53. The first kappa shape index (κ1) is 31.1. The number of alkyl halides is 3. The van der Waals surface area contributed by atoms with E-state index in [9.17, 15) is 27.9 Å². The quantitative estimate of drug-likeness (QED) is 0.360. The molecule has 0 saturated carbocycles. The van der Waals surface area contributed by atoms with Crippen LogP contribution in [0, 0.1) is 5.92 Å². The Morgan fingerprint density at radius 1 is 1.10 bits per heavy atom. The molecule has 0 unspecified atom stereocenters. The molecule has 2 N–H and O–H groups in total. The zero-order valence-corrected chi connectivity index (χ0v) is 23.9. The van der Waals surface area contributed by atoms with Gasteiger partial charge in [-0.25, -0.2) is 0 Å². The molecule has 0 saturated heterocycles. The monoisotopic (exact) mass is 583 g/mol. The minimum Gasteiger partial charge on any atom is -0.488 e. The van der Waals surface area contributed by atoms with Gasteiger partial charge in [0.25, 0.3) is 5.91 Å². The van der Waals surface area contributed by atoms with E-state index in [1.54, 1.807) is 30.0 Å². The number of halogens is 3. The number of carbonyl (C=O) groups excluding carboxylic acids is 2. The number of rotatable bonds is 9. The van der Waals surface area contributed by atoms with Crippen LogP contribution in [0.3, 0.4) is 0 Å². The molecule has 4 rings (SSSR count). The summed E-state index contributed by atoms with van der Waals surface area (Å²) in [7, 11) is 1.86. The van der Waals surface area contributed by atoms with Crippen LogP contribution < -0.4 is 10.1 Å². The summed E-state index contributed by atoms with van der Waals surface area (Å²) >= 11 is 0. The zero-order chi connectivity index (χ0) is 30.4. The number of aliphatic hydroxyl groups is 1. The number of ether oxygens (including phenoxy) is 1. The van der Waals surface area contributed by atoms with Crippen molar-refractivity contribution >= 4 is 17.5 Å². The molecule has 0 aromatic heterocycles. The van der Waals surface area contributed by atoms with Crippen molar-refractivity contribution in [1.29, 1.82) is 0 Å². The highest BCUT2D eigenvalue weighted by atomic mass is 19.4. The van der Waals surface area contributed by atoms with E-state index < -0.39 is 17.8 Å². The van der Waals surface area contributed by atoms with Crippen molar-refractivity contribution in [3.05, 3.63) is 95.1 Å². The summed E-state index contributed by atoms with van der Waals surface area (Å²) in [4.78, 5) is 29.9. The Morgan fingerprint density at radius 3 is 2.43 bits per heavy atom. The van der Waals surface area contributed by atoms with Crippen molar-refractivity contribution in [3.63, 3.8) is 0 Å². The van der Waals surface area contributed by atoms with E-state index in [1.165, 1.54) is 12.1 Å². The number of hydrogen-bond acceptors (Lipinski definition) is 5. The Bertz CT molecular complexity index is 1370. The van der Waals surface area contributed by atoms with Crippen LogP contribution in [0.15, 0.2) is 72.8 Å². The normalized spacial score (nSPS) is 18.1. The molecule has 0 aliphatic carbocycles. The maximum absolute atomic E-state index is 13.7. The van der Waals surface area contributed by atoms with E-state index in [1.807, 2.05) is 49.2 Å². The van der Waals surface area contributed by atoms with Gasteiger partial charge in [0, 0.05) is 31.2 Å². The summed E-state index contributed by atoms with van der Waals surface area (Å²) in [6, 6.07) is 18.9. The number of nitrogens with one attached hydrogen (secondary N) is 1. The Hall–Kier alpha value is -3.89. The first-order chi connectivity index (χ1) is 19.9. The Kier molecular flexibility index (Phi) is 9.90. The number of hydrogen-bond donors (Lipinski definition) is 2. The number of fused-ring (bicyclic) bond motifs is 1. The van der Waals surface area contributed by atoms with Gasteiger partial charge in [-0.3, -0.25) is 14.5 Å². The van der Waals surface area contributed by atoms with Crippen LogP contribution in [-0.4, -0.2) is 65.6 Å². The lowest BCUT2D eigenvalue weighted by atomic mass is 9.99. The molecule has 7 nitrogen and oxygen atoms in total. The molecule has 3 aromatic carbocycles. The molecule has 1 aliphatic heterocycles. The van der Waals surface area contributed by atoms with Crippen molar-refractivity contribution in [2.75, 3.05) is 32.1 Å². The summed E-state index contributed by atoms with van der Waals surface area (Å²) in [6.45, 7) is 4.67. The standard InChI is InChI=1S/C32H36F3N3O4/c1-21-17-38(22(2)20-39)31(41)27-16-26(36-30(40)15-23-7-5-4-6-8-23)13-14-28(27)42-29(21)19-37(3)18-24-9-11-25(12-10-24)32(33,34)35/h4-14,16,21-22,29,39H,15,17-20H2,1-3H3,(H,36,40)/t21-,22-,29+/m1/s1. The predicted molar refractivity (Wildman–Crippen MR) is 154 cm³/mol. The van der Waals surface area contributed by atoms with Crippen LogP contribution in [0.25, 0.3) is 0 Å². The first-order valence-electron chi connectivity index (χ1n) is 13.9. The molecule has 1 aliphatic rings. The molecule has 224 valence electrons. The van der Waals surface area contributed by atoms with Gasteiger partial charge in [0.15, 0.2) is 0 Å². The molecule has 0 fully saturated rings. The van der Waals surface area contributed by atoms with E-state index in [0.29, 0.717) is 31.1 Å². The lowest BCUT2D eigenvalue weighted by molar-refractivity contribution is -0.137. The molecule has 0 bridgehead atoms. The third kappa shape index (κ3) is 7.89. The molecule has 3 atom stereocenters. The SMILES string of the molecule is C[C@@H]1CN([C@H](C)CO)C(=O)c2cc(NC(=O)Cc3ccccc3)ccc2O[C@H]1CN(C)Cc1ccc(C(F)(F)F)cc1. The average molecular weight is 584 g/mol. The van der Waals surface area contributed by atoms with E-state index >= 15 is 0 Å². The third-order valence-corrected chi connectivity index (χ3v) is 7.38. The lowest BCUT2D eigenvalue weighted by Crippen LogP contribution is -2.49. The molecule has 0 radical (unpaired) electrons. The number of aliphatic hydroxyl groups excluding tert-OH is 1. The fourth-order valence-electron chi connectivity index (χ4n) is 4.99. The summed E-state index contributed by atoms with van der Waals surface area (Å²) in [5.74, 6) is -0.307. The van der Waals surface area contributed by atoms with Gasteiger partial charge < -0.3 is 20.1 Å². The topological polar surface area (TPSA) is 82.1 Å². The van der Waals surface area contributed by atoms with E-state index in [2.05, 4.69) is 5.32 Å². The fourth-order valence-corrected chi connectivity index (χ4v) is 4.99. The molecule has 3 aromatic rings. The number of nitrogens with zero attached hydrogens (tertiary/aromatic N) is 2. The van der Waals surface area contributed by atoms with Gasteiger partial charge >= 0.3 is 6.18 Å². The molecule has 1 heterocycles. The number of anilines is 1. The van der Waals surface area contributed by atoms with Crippen LogP contribution in [0.4, 0.5) is 18.9 Å². The van der Waals surface area contributed by atoms with Crippen molar-refractivity contribution < 1.29 is 32.6 Å². The summed E-state index contributed by atoms with van der Waals surface area (Å²) in [5, 5.41) is 12.8. The minimum absolute atomic E-state index is 0.128. The molecular formula is C32H36F3N3O4. The van der Waals surface area contributed by atoms with Gasteiger partial charge in [-0.1, -0.05) is 49.4 Å². The van der Waals surface area contributed by atoms with Gasteiger partial charge in [0.05, 0.1) is 30.2 Å². The Morgan fingerprint density at radius 2 is 1.79 bits per heavy atom. The molecule has 42 heavy (non-hydrogen) atoms. The number of likely N-dealkylation sites (N-methyl/N-ethyl adjacent to an activating group) is 1. The zero-order valence-electron chi connectivity index (χ0n) is 23.9. The van der Waals surface area contributed by atoms with Gasteiger partial charge in [-0.15, -0.1) is 0 Å². The van der Waals surface area contributed by atoms with E-state index in [-0.39, 0.29) is 42.4 Å². The lowest BCUT2D eigenvalue weighted by Gasteiger charge is -2.38. The van der Waals surface area contributed by atoms with Crippen LogP contribution >= 0.6 is 0 Å². The van der Waals surface area contributed by atoms with Crippen LogP contribution in [0.5, 0.6) is 5.75 Å². The van der Waals surface area contributed by atoms with Gasteiger partial charge in [0.2, 0.25) is 5.91 Å². The first-order valence-corrected chi connectivity index (χ1v) is 13.9. The second-order valence-electron chi connectivity index (χ2n) is 10.9. The summed E-state index contributed by atoms with van der Waals surface area (Å²) in [5.41, 5.74) is 1.62. The van der Waals surface area contributed by atoms with Gasteiger partial charge in [-0.2, -0.15) is 13.2 Å². The van der Waals surface area contributed by atoms with Crippen LogP contribution in [-0.2, 0) is 23.9 Å². The van der Waals surface area contributed by atoms with Crippen molar-refractivity contribution in [1.82, 2.24) is 9.80 Å². The van der Waals surface area contributed by atoms with Gasteiger partial charge in [0.1, 0.15) is 11.9 Å². The molecular weight excluding hydrogens is 547 g/mol. The Labute approximate surface area is 243 Å². The number of amides is 2. The van der Waals surface area contributed by atoms with E-state index in [0.717, 1.165) is 23.3 Å². The number of carbonyl (C=O) groups is 2. The highest BCUT2D eigenvalue weighted by Crippen LogP contribution is 2.32. The van der Waals surface area contributed by atoms with Crippen molar-refractivity contribution in [2.45, 2.75) is 45.1 Å².